The van der Waals surface area contributed by atoms with E-state index in [4.69, 9.17) is 4.74 Å². The van der Waals surface area contributed by atoms with E-state index in [1.807, 2.05) is 40.3 Å². The first kappa shape index (κ1) is 22.4. The lowest BCUT2D eigenvalue weighted by Gasteiger charge is -2.32. The van der Waals surface area contributed by atoms with Crippen LogP contribution in [0.15, 0.2) is 48.8 Å². The number of fused-ring (bicyclic) bond motifs is 1. The normalized spacial score (nSPS) is 17.8. The first-order valence-electron chi connectivity index (χ1n) is 12.2. The fourth-order valence-corrected chi connectivity index (χ4v) is 5.13. The van der Waals surface area contributed by atoms with Crippen LogP contribution in [-0.4, -0.2) is 64.5 Å². The second-order valence-electron chi connectivity index (χ2n) is 9.62. The summed E-state index contributed by atoms with van der Waals surface area (Å²) in [6.07, 6.45) is 7.58. The Morgan fingerprint density at radius 3 is 2.24 bits per heavy atom. The first-order chi connectivity index (χ1) is 16.5. The highest BCUT2D eigenvalue weighted by Crippen LogP contribution is 2.30. The van der Waals surface area contributed by atoms with Crippen LogP contribution in [0.4, 0.5) is 0 Å². The number of carbonyl (C=O) groups excluding carboxylic acids is 2. The highest BCUT2D eigenvalue weighted by Gasteiger charge is 2.27. The number of aromatic nitrogens is 2. The average molecular weight is 461 g/mol. The summed E-state index contributed by atoms with van der Waals surface area (Å²) >= 11 is 0. The summed E-state index contributed by atoms with van der Waals surface area (Å²) < 4.78 is 6.99. The minimum absolute atomic E-state index is 0.0658. The number of benzene rings is 1. The van der Waals surface area contributed by atoms with Gasteiger partial charge in [0.05, 0.1) is 24.4 Å². The van der Waals surface area contributed by atoms with Gasteiger partial charge in [0.1, 0.15) is 5.75 Å². The molecule has 0 aliphatic carbocycles. The molecule has 2 saturated heterocycles. The molecule has 2 amide bonds. The second kappa shape index (κ2) is 9.49. The molecule has 0 radical (unpaired) electrons. The van der Waals surface area contributed by atoms with Crippen LogP contribution in [0.5, 0.6) is 5.75 Å². The van der Waals surface area contributed by atoms with Crippen molar-refractivity contribution >= 4 is 17.3 Å². The van der Waals surface area contributed by atoms with Crippen molar-refractivity contribution in [3.63, 3.8) is 0 Å². The maximum absolute atomic E-state index is 13.2. The van der Waals surface area contributed by atoms with E-state index in [-0.39, 0.29) is 11.8 Å². The number of hydrogen-bond acceptors (Lipinski definition) is 4. The molecule has 2 aliphatic heterocycles. The molecule has 0 atom stereocenters. The van der Waals surface area contributed by atoms with Crippen LogP contribution in [0.25, 0.3) is 5.52 Å². The number of rotatable bonds is 4. The van der Waals surface area contributed by atoms with Crippen LogP contribution in [0.3, 0.4) is 0 Å². The lowest BCUT2D eigenvalue weighted by Crippen LogP contribution is -2.38. The number of methoxy groups -OCH3 is 1. The molecule has 0 spiro atoms. The molecule has 0 saturated carbocycles. The summed E-state index contributed by atoms with van der Waals surface area (Å²) in [4.78, 5) is 30.0. The molecule has 0 bridgehead atoms. The van der Waals surface area contributed by atoms with Crippen molar-refractivity contribution in [2.75, 3.05) is 33.3 Å². The van der Waals surface area contributed by atoms with E-state index in [0.29, 0.717) is 23.0 Å². The highest BCUT2D eigenvalue weighted by atomic mass is 16.5. The van der Waals surface area contributed by atoms with Gasteiger partial charge in [-0.2, -0.15) is 5.10 Å². The number of piperidine rings is 2. The van der Waals surface area contributed by atoms with Crippen LogP contribution < -0.4 is 4.74 Å². The summed E-state index contributed by atoms with van der Waals surface area (Å²) in [6, 6.07) is 11.5. The van der Waals surface area contributed by atoms with Crippen molar-refractivity contribution in [2.45, 2.75) is 38.5 Å². The monoisotopic (exact) mass is 460 g/mol. The van der Waals surface area contributed by atoms with Gasteiger partial charge >= 0.3 is 0 Å². The minimum Gasteiger partial charge on any atom is -0.497 e. The van der Waals surface area contributed by atoms with E-state index in [1.165, 1.54) is 5.56 Å². The third-order valence-corrected chi connectivity index (χ3v) is 7.44. The van der Waals surface area contributed by atoms with Gasteiger partial charge in [0, 0.05) is 37.9 Å². The maximum atomic E-state index is 13.2. The Hall–Kier alpha value is -3.35. The van der Waals surface area contributed by atoms with Gasteiger partial charge in [-0.1, -0.05) is 6.92 Å². The zero-order valence-electron chi connectivity index (χ0n) is 19.9. The Kier molecular flexibility index (Phi) is 6.26. The zero-order chi connectivity index (χ0) is 23.7. The number of amides is 2. The number of ether oxygens (including phenoxy) is 1. The number of likely N-dealkylation sites (tertiary alicyclic amines) is 2. The third kappa shape index (κ3) is 4.39. The first-order valence-corrected chi connectivity index (χ1v) is 12.2. The summed E-state index contributed by atoms with van der Waals surface area (Å²) in [5, 5.41) is 4.42. The zero-order valence-corrected chi connectivity index (χ0v) is 19.9. The number of pyridine rings is 1. The lowest BCUT2D eigenvalue weighted by molar-refractivity contribution is 0.0695. The predicted octanol–water partition coefficient (Wildman–Crippen LogP) is 4.23. The van der Waals surface area contributed by atoms with E-state index >= 15 is 0 Å². The predicted molar refractivity (Wildman–Crippen MR) is 130 cm³/mol. The van der Waals surface area contributed by atoms with Crippen molar-refractivity contribution in [2.24, 2.45) is 5.92 Å². The standard InChI is InChI=1S/C27H32N4O3/c1-19-7-12-30(13-8-19)27(33)24-18-28-31-16-11-22(17-25(24)31)20-9-14-29(15-10-20)26(32)21-3-5-23(34-2)6-4-21/h3-6,11,16-20H,7-10,12-15H2,1-2H3. The van der Waals surface area contributed by atoms with Crippen molar-refractivity contribution in [1.29, 1.82) is 0 Å². The van der Waals surface area contributed by atoms with E-state index in [0.717, 1.165) is 63.1 Å². The molecular weight excluding hydrogens is 428 g/mol. The summed E-state index contributed by atoms with van der Waals surface area (Å²) in [6.45, 7) is 5.32. The van der Waals surface area contributed by atoms with Gasteiger partial charge in [-0.3, -0.25) is 9.59 Å². The highest BCUT2D eigenvalue weighted by molar-refractivity contribution is 6.00. The molecule has 7 heteroatoms. The van der Waals surface area contributed by atoms with Gasteiger partial charge in [-0.15, -0.1) is 0 Å². The minimum atomic E-state index is 0.0658. The van der Waals surface area contributed by atoms with E-state index in [9.17, 15) is 9.59 Å². The topological polar surface area (TPSA) is 67.2 Å². The quantitative estimate of drug-likeness (QED) is 0.584. The Labute approximate surface area is 200 Å². The molecule has 2 aromatic heterocycles. The van der Waals surface area contributed by atoms with Crippen LogP contribution >= 0.6 is 0 Å². The summed E-state index contributed by atoms with van der Waals surface area (Å²) in [5.41, 5.74) is 3.46. The molecule has 5 rings (SSSR count). The molecule has 0 unspecified atom stereocenters. The van der Waals surface area contributed by atoms with Crippen molar-refractivity contribution in [3.8, 4) is 5.75 Å². The molecule has 7 nitrogen and oxygen atoms in total. The molecule has 2 fully saturated rings. The van der Waals surface area contributed by atoms with Gasteiger partial charge < -0.3 is 14.5 Å². The molecule has 2 aliphatic rings. The SMILES string of the molecule is COc1ccc(C(=O)N2CCC(c3ccn4ncc(C(=O)N5CCC(C)CC5)c4c3)CC2)cc1. The number of nitrogens with zero attached hydrogens (tertiary/aromatic N) is 4. The van der Waals surface area contributed by atoms with Crippen LogP contribution in [0.2, 0.25) is 0 Å². The Bertz CT molecular complexity index is 1170. The van der Waals surface area contributed by atoms with Gasteiger partial charge in [-0.05, 0) is 79.5 Å². The molecule has 3 aromatic rings. The summed E-state index contributed by atoms with van der Waals surface area (Å²) in [7, 11) is 1.62. The van der Waals surface area contributed by atoms with Gasteiger partial charge in [0.2, 0.25) is 0 Å². The number of carbonyl (C=O) groups is 2. The van der Waals surface area contributed by atoms with Gasteiger partial charge in [0.15, 0.2) is 0 Å². The van der Waals surface area contributed by atoms with Crippen LogP contribution in [-0.2, 0) is 0 Å². The smallest absolute Gasteiger partial charge is 0.257 e. The van der Waals surface area contributed by atoms with Gasteiger partial charge in [-0.25, -0.2) is 4.52 Å². The van der Waals surface area contributed by atoms with Crippen molar-refractivity contribution < 1.29 is 14.3 Å². The largest absolute Gasteiger partial charge is 0.497 e. The molecule has 4 heterocycles. The number of hydrogen-bond donors (Lipinski definition) is 0. The Morgan fingerprint density at radius 1 is 0.912 bits per heavy atom. The summed E-state index contributed by atoms with van der Waals surface area (Å²) in [5.74, 6) is 1.94. The van der Waals surface area contributed by atoms with E-state index in [2.05, 4.69) is 24.2 Å². The Balaban J connectivity index is 1.27. The maximum Gasteiger partial charge on any atom is 0.257 e. The van der Waals surface area contributed by atoms with E-state index < -0.39 is 0 Å². The van der Waals surface area contributed by atoms with Crippen molar-refractivity contribution in [3.05, 3.63) is 65.5 Å². The molecule has 1 aromatic carbocycles. The van der Waals surface area contributed by atoms with Crippen molar-refractivity contribution in [1.82, 2.24) is 19.4 Å². The Morgan fingerprint density at radius 2 is 1.56 bits per heavy atom. The molecule has 0 N–H and O–H groups in total. The fourth-order valence-electron chi connectivity index (χ4n) is 5.13. The molecular formula is C27H32N4O3. The molecule has 178 valence electrons. The van der Waals surface area contributed by atoms with Gasteiger partial charge in [0.25, 0.3) is 11.8 Å². The molecule has 34 heavy (non-hydrogen) atoms. The second-order valence-corrected chi connectivity index (χ2v) is 9.62. The third-order valence-electron chi connectivity index (χ3n) is 7.44. The lowest BCUT2D eigenvalue weighted by atomic mass is 9.89. The van der Waals surface area contributed by atoms with E-state index in [1.54, 1.807) is 17.8 Å². The van der Waals surface area contributed by atoms with Crippen LogP contribution in [0.1, 0.15) is 64.8 Å². The van der Waals surface area contributed by atoms with Crippen LogP contribution in [0, 0.1) is 5.92 Å². The average Bonchev–Trinajstić information content (AvgIpc) is 3.32. The fraction of sp³-hybridized carbons (Fsp3) is 0.444.